The minimum Gasteiger partial charge on any atom is -0.454 e. The third-order valence-corrected chi connectivity index (χ3v) is 6.51. The summed E-state index contributed by atoms with van der Waals surface area (Å²) in [5.41, 5.74) is 1.01. The van der Waals surface area contributed by atoms with Crippen molar-refractivity contribution in [1.82, 2.24) is 4.98 Å². The number of sulfone groups is 1. The molecule has 1 atom stereocenters. The number of anilines is 2. The van der Waals surface area contributed by atoms with E-state index in [9.17, 15) is 13.2 Å². The number of benzene rings is 1. The van der Waals surface area contributed by atoms with Crippen molar-refractivity contribution in [3.05, 3.63) is 42.1 Å². The smallest absolute Gasteiger partial charge is 0.257 e. The first-order valence-electron chi connectivity index (χ1n) is 8.52. The molecule has 8 nitrogen and oxygen atoms in total. The summed E-state index contributed by atoms with van der Waals surface area (Å²) in [6.45, 7) is 0.175. The highest BCUT2D eigenvalue weighted by Crippen LogP contribution is 2.34. The van der Waals surface area contributed by atoms with Crippen LogP contribution < -0.4 is 19.7 Å². The van der Waals surface area contributed by atoms with Gasteiger partial charge in [-0.15, -0.1) is 0 Å². The number of ether oxygens (including phenoxy) is 2. The lowest BCUT2D eigenvalue weighted by Gasteiger charge is -2.24. The Bertz CT molecular complexity index is 975. The number of carbonyl (C=O) groups is 1. The maximum Gasteiger partial charge on any atom is 0.257 e. The molecular weight excluding hydrogens is 370 g/mol. The van der Waals surface area contributed by atoms with Gasteiger partial charge < -0.3 is 19.7 Å². The summed E-state index contributed by atoms with van der Waals surface area (Å²) < 4.78 is 33.8. The molecule has 3 heterocycles. The van der Waals surface area contributed by atoms with Gasteiger partial charge >= 0.3 is 0 Å². The van der Waals surface area contributed by atoms with Crippen molar-refractivity contribution in [2.24, 2.45) is 0 Å². The fourth-order valence-corrected chi connectivity index (χ4v) is 4.95. The van der Waals surface area contributed by atoms with Gasteiger partial charge in [0.15, 0.2) is 21.3 Å². The maximum absolute atomic E-state index is 12.4. The zero-order valence-electron chi connectivity index (χ0n) is 14.7. The number of nitrogens with one attached hydrogen (secondary N) is 1. The Morgan fingerprint density at radius 1 is 1.22 bits per heavy atom. The van der Waals surface area contributed by atoms with Gasteiger partial charge in [0.1, 0.15) is 5.82 Å². The number of hydrogen-bond donors (Lipinski definition) is 1. The number of hydrogen-bond acceptors (Lipinski definition) is 7. The van der Waals surface area contributed by atoms with Crippen molar-refractivity contribution >= 4 is 27.2 Å². The highest BCUT2D eigenvalue weighted by molar-refractivity contribution is 7.91. The molecule has 0 aliphatic carbocycles. The molecule has 1 aromatic carbocycles. The summed E-state index contributed by atoms with van der Waals surface area (Å²) in [6.07, 6.45) is 2.07. The predicted octanol–water partition coefficient (Wildman–Crippen LogP) is 1.69. The Morgan fingerprint density at radius 2 is 2.04 bits per heavy atom. The maximum atomic E-state index is 12.4. The van der Waals surface area contributed by atoms with E-state index >= 15 is 0 Å². The van der Waals surface area contributed by atoms with Gasteiger partial charge in [0.25, 0.3) is 5.91 Å². The predicted molar refractivity (Wildman–Crippen MR) is 100 cm³/mol. The molecule has 1 amide bonds. The highest BCUT2D eigenvalue weighted by Gasteiger charge is 2.31. The van der Waals surface area contributed by atoms with E-state index in [4.69, 9.17) is 9.47 Å². The van der Waals surface area contributed by atoms with Crippen LogP contribution in [-0.2, 0) is 9.84 Å². The standard InChI is InChI=1S/C18H19N3O5S/c1-21(14-6-7-27(23,24)10-14)17-5-2-12(9-19-17)18(22)20-13-3-4-15-16(8-13)26-11-25-15/h2-5,8-9,14H,6-7,10-11H2,1H3,(H,20,22). The fraction of sp³-hybridized carbons (Fsp3) is 0.333. The number of amides is 1. The third kappa shape index (κ3) is 3.68. The van der Waals surface area contributed by atoms with Crippen LogP contribution >= 0.6 is 0 Å². The second-order valence-corrected chi connectivity index (χ2v) is 8.82. The van der Waals surface area contributed by atoms with E-state index in [0.717, 1.165) is 0 Å². The third-order valence-electron chi connectivity index (χ3n) is 4.76. The SMILES string of the molecule is CN(c1ccc(C(=O)Nc2ccc3c(c2)OCO3)cn1)C1CCS(=O)(=O)C1. The van der Waals surface area contributed by atoms with E-state index in [1.807, 2.05) is 11.9 Å². The van der Waals surface area contributed by atoms with Crippen LogP contribution in [0.5, 0.6) is 11.5 Å². The van der Waals surface area contributed by atoms with Crippen LogP contribution in [-0.4, -0.2) is 50.7 Å². The molecule has 142 valence electrons. The molecule has 4 rings (SSSR count). The van der Waals surface area contributed by atoms with Gasteiger partial charge in [-0.1, -0.05) is 0 Å². The van der Waals surface area contributed by atoms with Gasteiger partial charge in [-0.2, -0.15) is 0 Å². The summed E-state index contributed by atoms with van der Waals surface area (Å²) in [6, 6.07) is 8.49. The molecule has 2 aliphatic rings. The van der Waals surface area contributed by atoms with E-state index in [1.54, 1.807) is 30.3 Å². The van der Waals surface area contributed by atoms with Crippen LogP contribution in [0.25, 0.3) is 0 Å². The number of carbonyl (C=O) groups excluding carboxylic acids is 1. The van der Waals surface area contributed by atoms with E-state index in [1.165, 1.54) is 6.20 Å². The Balaban J connectivity index is 1.43. The Morgan fingerprint density at radius 3 is 2.74 bits per heavy atom. The Kier molecular flexibility index (Phi) is 4.39. The van der Waals surface area contributed by atoms with E-state index in [0.29, 0.717) is 35.0 Å². The molecule has 27 heavy (non-hydrogen) atoms. The van der Waals surface area contributed by atoms with Crippen molar-refractivity contribution in [1.29, 1.82) is 0 Å². The van der Waals surface area contributed by atoms with Gasteiger partial charge in [-0.05, 0) is 30.7 Å². The molecule has 1 saturated heterocycles. The molecule has 9 heteroatoms. The van der Waals surface area contributed by atoms with Gasteiger partial charge in [-0.25, -0.2) is 13.4 Å². The lowest BCUT2D eigenvalue weighted by molar-refractivity contribution is 0.102. The fourth-order valence-electron chi connectivity index (χ4n) is 3.17. The average Bonchev–Trinajstić information content (AvgIpc) is 3.26. The number of fused-ring (bicyclic) bond motifs is 1. The summed E-state index contributed by atoms with van der Waals surface area (Å²) in [7, 11) is -1.14. The molecule has 0 spiro atoms. The first-order valence-corrected chi connectivity index (χ1v) is 10.3. The van der Waals surface area contributed by atoms with Crippen LogP contribution in [0.15, 0.2) is 36.5 Å². The Labute approximate surface area is 157 Å². The van der Waals surface area contributed by atoms with Gasteiger partial charge in [-0.3, -0.25) is 4.79 Å². The van der Waals surface area contributed by atoms with Crippen LogP contribution in [0.1, 0.15) is 16.8 Å². The molecule has 1 fully saturated rings. The van der Waals surface area contributed by atoms with Crippen LogP contribution in [0, 0.1) is 0 Å². The zero-order chi connectivity index (χ0) is 19.0. The number of aromatic nitrogens is 1. The average molecular weight is 389 g/mol. The lowest BCUT2D eigenvalue weighted by atomic mass is 10.2. The number of rotatable bonds is 4. The van der Waals surface area contributed by atoms with Gasteiger partial charge in [0.05, 0.1) is 17.1 Å². The van der Waals surface area contributed by atoms with Crippen molar-refractivity contribution < 1.29 is 22.7 Å². The van der Waals surface area contributed by atoms with Crippen LogP contribution in [0.4, 0.5) is 11.5 Å². The van der Waals surface area contributed by atoms with E-state index < -0.39 is 9.84 Å². The van der Waals surface area contributed by atoms with Crippen molar-refractivity contribution in [2.45, 2.75) is 12.5 Å². The molecule has 0 radical (unpaired) electrons. The normalized spacial score (nSPS) is 19.7. The second kappa shape index (κ2) is 6.73. The molecule has 1 aromatic heterocycles. The largest absolute Gasteiger partial charge is 0.454 e. The minimum atomic E-state index is -2.96. The van der Waals surface area contributed by atoms with Gasteiger partial charge in [0, 0.05) is 31.0 Å². The zero-order valence-corrected chi connectivity index (χ0v) is 15.5. The molecule has 0 saturated carbocycles. The van der Waals surface area contributed by atoms with Crippen molar-refractivity contribution in [3.63, 3.8) is 0 Å². The number of pyridine rings is 1. The van der Waals surface area contributed by atoms with Crippen molar-refractivity contribution in [3.8, 4) is 11.5 Å². The van der Waals surface area contributed by atoms with Crippen LogP contribution in [0.2, 0.25) is 0 Å². The van der Waals surface area contributed by atoms with E-state index in [-0.39, 0.29) is 30.2 Å². The lowest BCUT2D eigenvalue weighted by Crippen LogP contribution is -2.33. The summed E-state index contributed by atoms with van der Waals surface area (Å²) in [4.78, 5) is 18.6. The first kappa shape index (κ1) is 17.6. The van der Waals surface area contributed by atoms with Crippen molar-refractivity contribution in [2.75, 3.05) is 35.6 Å². The second-order valence-electron chi connectivity index (χ2n) is 6.60. The quantitative estimate of drug-likeness (QED) is 0.850. The first-order chi connectivity index (χ1) is 12.9. The molecule has 1 N–H and O–H groups in total. The molecular formula is C18H19N3O5S. The number of nitrogens with zero attached hydrogens (tertiary/aromatic N) is 2. The monoisotopic (exact) mass is 389 g/mol. The van der Waals surface area contributed by atoms with Gasteiger partial charge in [0.2, 0.25) is 6.79 Å². The summed E-state index contributed by atoms with van der Waals surface area (Å²) >= 11 is 0. The molecule has 2 aromatic rings. The molecule has 2 aliphatic heterocycles. The topological polar surface area (TPSA) is 97.8 Å². The summed E-state index contributed by atoms with van der Waals surface area (Å²) in [5, 5.41) is 2.80. The Hall–Kier alpha value is -2.81. The highest BCUT2D eigenvalue weighted by atomic mass is 32.2. The molecule has 1 unspecified atom stereocenters. The molecule has 0 bridgehead atoms. The van der Waals surface area contributed by atoms with E-state index in [2.05, 4.69) is 10.3 Å². The minimum absolute atomic E-state index is 0.0872. The summed E-state index contributed by atoms with van der Waals surface area (Å²) in [5.74, 6) is 1.93. The van der Waals surface area contributed by atoms with Crippen LogP contribution in [0.3, 0.4) is 0 Å².